The summed E-state index contributed by atoms with van der Waals surface area (Å²) in [7, 11) is 0. The van der Waals surface area contributed by atoms with E-state index in [1.165, 1.54) is 5.56 Å². The molecule has 1 unspecified atom stereocenters. The van der Waals surface area contributed by atoms with Crippen LogP contribution in [-0.4, -0.2) is 16.3 Å². The third-order valence-electron chi connectivity index (χ3n) is 3.50. The van der Waals surface area contributed by atoms with Crippen LogP contribution in [0.3, 0.4) is 0 Å². The normalized spacial score (nSPS) is 12.8. The largest absolute Gasteiger partial charge is 0.310 e. The lowest BCUT2D eigenvalue weighted by Gasteiger charge is -2.18. The molecule has 0 spiro atoms. The zero-order valence-electron chi connectivity index (χ0n) is 13.0. The highest BCUT2D eigenvalue weighted by Gasteiger charge is 2.14. The fourth-order valence-corrected chi connectivity index (χ4v) is 2.75. The van der Waals surface area contributed by atoms with Crippen molar-refractivity contribution in [1.82, 2.24) is 15.1 Å². The van der Waals surface area contributed by atoms with Crippen molar-refractivity contribution < 1.29 is 0 Å². The van der Waals surface area contributed by atoms with Gasteiger partial charge < -0.3 is 5.32 Å². The molecule has 0 aliphatic rings. The van der Waals surface area contributed by atoms with Gasteiger partial charge in [-0.25, -0.2) is 0 Å². The molecule has 0 fully saturated rings. The first-order chi connectivity index (χ1) is 10.1. The van der Waals surface area contributed by atoms with E-state index in [1.54, 1.807) is 0 Å². The van der Waals surface area contributed by atoms with E-state index in [4.69, 9.17) is 0 Å². The summed E-state index contributed by atoms with van der Waals surface area (Å²) in [6, 6.07) is 11.4. The van der Waals surface area contributed by atoms with Gasteiger partial charge in [0.1, 0.15) is 0 Å². The molecule has 21 heavy (non-hydrogen) atoms. The quantitative estimate of drug-likeness (QED) is 0.796. The van der Waals surface area contributed by atoms with Crippen LogP contribution in [0.4, 0.5) is 0 Å². The van der Waals surface area contributed by atoms with E-state index < -0.39 is 0 Å². The Hall–Kier alpha value is -1.13. The van der Waals surface area contributed by atoms with Gasteiger partial charge in [-0.15, -0.1) is 0 Å². The third kappa shape index (κ3) is 4.68. The maximum atomic E-state index is 4.67. The molecule has 1 aromatic carbocycles. The number of rotatable bonds is 7. The van der Waals surface area contributed by atoms with Crippen molar-refractivity contribution in [2.45, 2.75) is 45.7 Å². The minimum absolute atomic E-state index is 0.304. The average molecular weight is 350 g/mol. The predicted molar refractivity (Wildman–Crippen MR) is 91.5 cm³/mol. The maximum absolute atomic E-state index is 4.67. The third-order valence-corrected chi connectivity index (χ3v) is 3.99. The molecule has 2 aromatic rings. The number of halogens is 1. The van der Waals surface area contributed by atoms with Crippen molar-refractivity contribution in [3.8, 4) is 0 Å². The van der Waals surface area contributed by atoms with Crippen LogP contribution in [0.15, 0.2) is 41.0 Å². The SMILES string of the molecule is CCCNC(Cc1ccn(C(C)C)n1)c1cccc(Br)c1. The van der Waals surface area contributed by atoms with Crippen LogP contribution in [0.5, 0.6) is 0 Å². The summed E-state index contributed by atoms with van der Waals surface area (Å²) in [4.78, 5) is 0. The summed E-state index contributed by atoms with van der Waals surface area (Å²) < 4.78 is 3.14. The Kier molecular flexibility index (Phi) is 6.00. The van der Waals surface area contributed by atoms with Crippen LogP contribution < -0.4 is 5.32 Å². The molecule has 3 nitrogen and oxygen atoms in total. The lowest BCUT2D eigenvalue weighted by molar-refractivity contribution is 0.499. The van der Waals surface area contributed by atoms with Gasteiger partial charge in [-0.3, -0.25) is 4.68 Å². The summed E-state index contributed by atoms with van der Waals surface area (Å²) >= 11 is 3.56. The van der Waals surface area contributed by atoms with Crippen LogP contribution in [0.25, 0.3) is 0 Å². The summed E-state index contributed by atoms with van der Waals surface area (Å²) in [6.07, 6.45) is 4.11. The summed E-state index contributed by atoms with van der Waals surface area (Å²) in [6.45, 7) is 7.51. The van der Waals surface area contributed by atoms with Crippen LogP contribution in [0, 0.1) is 0 Å². The Balaban J connectivity index is 2.15. The standard InChI is InChI=1S/C17H24BrN3/c1-4-9-19-17(14-6-5-7-15(18)11-14)12-16-8-10-21(20-16)13(2)3/h5-8,10-11,13,17,19H,4,9,12H2,1-3H3. The Bertz CT molecular complexity index is 563. The van der Waals surface area contributed by atoms with Crippen LogP contribution in [0.2, 0.25) is 0 Å². The second-order valence-corrected chi connectivity index (χ2v) is 6.56. The molecule has 0 saturated carbocycles. The highest BCUT2D eigenvalue weighted by atomic mass is 79.9. The van der Waals surface area contributed by atoms with Crippen molar-refractivity contribution in [2.75, 3.05) is 6.54 Å². The van der Waals surface area contributed by atoms with Crippen molar-refractivity contribution in [2.24, 2.45) is 0 Å². The molecule has 1 aromatic heterocycles. The Morgan fingerprint density at radius 2 is 2.10 bits per heavy atom. The van der Waals surface area contributed by atoms with Crippen LogP contribution in [-0.2, 0) is 6.42 Å². The van der Waals surface area contributed by atoms with Gasteiger partial charge in [0.15, 0.2) is 0 Å². The van der Waals surface area contributed by atoms with Gasteiger partial charge in [0.25, 0.3) is 0 Å². The summed E-state index contributed by atoms with van der Waals surface area (Å²) in [5.41, 5.74) is 2.44. The van der Waals surface area contributed by atoms with Gasteiger partial charge in [-0.05, 0) is 50.6 Å². The average Bonchev–Trinajstić information content (AvgIpc) is 2.92. The second-order valence-electron chi connectivity index (χ2n) is 5.65. The number of hydrogen-bond acceptors (Lipinski definition) is 2. The van der Waals surface area contributed by atoms with Crippen molar-refractivity contribution in [1.29, 1.82) is 0 Å². The molecular weight excluding hydrogens is 326 g/mol. The number of aromatic nitrogens is 2. The van der Waals surface area contributed by atoms with E-state index in [2.05, 4.69) is 83.6 Å². The van der Waals surface area contributed by atoms with Gasteiger partial charge in [0.2, 0.25) is 0 Å². The van der Waals surface area contributed by atoms with E-state index in [-0.39, 0.29) is 0 Å². The first-order valence-electron chi connectivity index (χ1n) is 7.63. The van der Waals surface area contributed by atoms with Crippen LogP contribution >= 0.6 is 15.9 Å². The fraction of sp³-hybridized carbons (Fsp3) is 0.471. The zero-order chi connectivity index (χ0) is 15.2. The van der Waals surface area contributed by atoms with E-state index in [0.717, 1.165) is 29.6 Å². The van der Waals surface area contributed by atoms with E-state index in [0.29, 0.717) is 12.1 Å². The first-order valence-corrected chi connectivity index (χ1v) is 8.42. The van der Waals surface area contributed by atoms with E-state index >= 15 is 0 Å². The number of benzene rings is 1. The summed E-state index contributed by atoms with van der Waals surface area (Å²) in [5, 5.41) is 8.30. The molecule has 0 amide bonds. The lowest BCUT2D eigenvalue weighted by Crippen LogP contribution is -2.24. The minimum Gasteiger partial charge on any atom is -0.310 e. The number of hydrogen-bond donors (Lipinski definition) is 1. The molecular formula is C17H24BrN3. The van der Waals surface area contributed by atoms with E-state index in [1.807, 2.05) is 4.68 Å². The molecule has 0 bridgehead atoms. The number of nitrogens with one attached hydrogen (secondary N) is 1. The van der Waals surface area contributed by atoms with E-state index in [9.17, 15) is 0 Å². The maximum Gasteiger partial charge on any atom is 0.0643 e. The molecule has 1 heterocycles. The van der Waals surface area contributed by atoms with Gasteiger partial charge in [-0.2, -0.15) is 5.10 Å². The zero-order valence-corrected chi connectivity index (χ0v) is 14.6. The van der Waals surface area contributed by atoms with Gasteiger partial charge in [0, 0.05) is 29.2 Å². The molecule has 0 saturated heterocycles. The van der Waals surface area contributed by atoms with Crippen molar-refractivity contribution in [3.63, 3.8) is 0 Å². The topological polar surface area (TPSA) is 29.9 Å². The lowest BCUT2D eigenvalue weighted by atomic mass is 10.0. The monoisotopic (exact) mass is 349 g/mol. The van der Waals surface area contributed by atoms with Crippen LogP contribution in [0.1, 0.15) is 50.5 Å². The molecule has 0 aliphatic heterocycles. The Morgan fingerprint density at radius 1 is 1.29 bits per heavy atom. The Morgan fingerprint density at radius 3 is 2.71 bits per heavy atom. The predicted octanol–water partition coefficient (Wildman–Crippen LogP) is 4.51. The van der Waals surface area contributed by atoms with Gasteiger partial charge in [-0.1, -0.05) is 35.0 Å². The van der Waals surface area contributed by atoms with Gasteiger partial charge in [0.05, 0.1) is 5.69 Å². The molecule has 1 atom stereocenters. The molecule has 0 radical (unpaired) electrons. The molecule has 2 rings (SSSR count). The highest BCUT2D eigenvalue weighted by Crippen LogP contribution is 2.21. The fourth-order valence-electron chi connectivity index (χ4n) is 2.33. The number of nitrogens with zero attached hydrogens (tertiary/aromatic N) is 2. The molecule has 0 aliphatic carbocycles. The minimum atomic E-state index is 0.304. The summed E-state index contributed by atoms with van der Waals surface area (Å²) in [5.74, 6) is 0. The van der Waals surface area contributed by atoms with Gasteiger partial charge >= 0.3 is 0 Å². The first kappa shape index (κ1) is 16.2. The highest BCUT2D eigenvalue weighted by molar-refractivity contribution is 9.10. The Labute approximate surface area is 135 Å². The second kappa shape index (κ2) is 7.76. The smallest absolute Gasteiger partial charge is 0.0643 e. The van der Waals surface area contributed by atoms with Crippen molar-refractivity contribution >= 4 is 15.9 Å². The van der Waals surface area contributed by atoms with Crippen molar-refractivity contribution in [3.05, 3.63) is 52.3 Å². The molecule has 1 N–H and O–H groups in total. The molecule has 4 heteroatoms. The molecule has 114 valence electrons.